The Kier molecular flexibility index (Phi) is 4.49. The number of aromatic nitrogens is 2. The van der Waals surface area contributed by atoms with E-state index in [1.165, 1.54) is 18.0 Å². The molecule has 0 spiro atoms. The second kappa shape index (κ2) is 6.55. The van der Waals surface area contributed by atoms with E-state index in [2.05, 4.69) is 10.2 Å². The molecule has 5 nitrogen and oxygen atoms in total. The molecule has 1 heterocycles. The molecule has 3 rings (SSSR count). The molecule has 0 amide bonds. The van der Waals surface area contributed by atoms with E-state index in [9.17, 15) is 8.42 Å². The van der Waals surface area contributed by atoms with Crippen LogP contribution >= 0.6 is 11.8 Å². The third-order valence-electron chi connectivity index (χ3n) is 3.14. The number of thioether (sulfide) groups is 1. The highest BCUT2D eigenvalue weighted by Crippen LogP contribution is 2.25. The summed E-state index contributed by atoms with van der Waals surface area (Å²) in [6.45, 7) is 0. The molecular formula is C16H14N2O3S2. The van der Waals surface area contributed by atoms with Gasteiger partial charge in [-0.1, -0.05) is 42.1 Å². The lowest BCUT2D eigenvalue weighted by Gasteiger charge is -2.01. The minimum Gasteiger partial charge on any atom is -0.411 e. The summed E-state index contributed by atoms with van der Waals surface area (Å²) in [5.74, 6) is 1.11. The Hall–Kier alpha value is -2.12. The van der Waals surface area contributed by atoms with Gasteiger partial charge in [0, 0.05) is 17.6 Å². The molecular weight excluding hydrogens is 332 g/mol. The van der Waals surface area contributed by atoms with Crippen LogP contribution in [0.5, 0.6) is 0 Å². The summed E-state index contributed by atoms with van der Waals surface area (Å²) in [5.41, 5.74) is 1.87. The summed E-state index contributed by atoms with van der Waals surface area (Å²) in [4.78, 5) is 0.315. The molecule has 0 aliphatic rings. The van der Waals surface area contributed by atoms with Crippen molar-refractivity contribution in [3.05, 3.63) is 60.2 Å². The van der Waals surface area contributed by atoms with E-state index >= 15 is 0 Å². The lowest BCUT2D eigenvalue weighted by Crippen LogP contribution is -1.96. The van der Waals surface area contributed by atoms with Crippen LogP contribution in [0.1, 0.15) is 5.56 Å². The van der Waals surface area contributed by atoms with Crippen molar-refractivity contribution in [3.63, 3.8) is 0 Å². The van der Waals surface area contributed by atoms with Gasteiger partial charge in [-0.05, 0) is 29.8 Å². The van der Waals surface area contributed by atoms with Gasteiger partial charge in [0.1, 0.15) is 0 Å². The van der Waals surface area contributed by atoms with Gasteiger partial charge in [0.25, 0.3) is 5.22 Å². The van der Waals surface area contributed by atoms with E-state index in [1.807, 2.05) is 30.3 Å². The zero-order valence-corrected chi connectivity index (χ0v) is 14.0. The molecule has 0 radical (unpaired) electrons. The maximum absolute atomic E-state index is 11.4. The maximum atomic E-state index is 11.4. The molecule has 1 aromatic heterocycles. The van der Waals surface area contributed by atoms with Gasteiger partial charge in [0.2, 0.25) is 5.89 Å². The highest BCUT2D eigenvalue weighted by atomic mass is 32.2. The first-order valence-electron chi connectivity index (χ1n) is 6.83. The largest absolute Gasteiger partial charge is 0.411 e. The van der Waals surface area contributed by atoms with Crippen molar-refractivity contribution in [2.45, 2.75) is 15.9 Å². The maximum Gasteiger partial charge on any atom is 0.277 e. The van der Waals surface area contributed by atoms with Crippen molar-refractivity contribution in [3.8, 4) is 11.5 Å². The van der Waals surface area contributed by atoms with Crippen LogP contribution in [0.15, 0.2) is 69.1 Å². The van der Waals surface area contributed by atoms with Crippen molar-refractivity contribution in [1.29, 1.82) is 0 Å². The molecule has 0 bridgehead atoms. The van der Waals surface area contributed by atoms with Crippen LogP contribution in [0.2, 0.25) is 0 Å². The van der Waals surface area contributed by atoms with Crippen LogP contribution in [-0.4, -0.2) is 24.9 Å². The van der Waals surface area contributed by atoms with Gasteiger partial charge in [0.15, 0.2) is 9.84 Å². The van der Waals surface area contributed by atoms with Crippen LogP contribution in [-0.2, 0) is 15.6 Å². The van der Waals surface area contributed by atoms with E-state index < -0.39 is 9.84 Å². The number of rotatable bonds is 5. The van der Waals surface area contributed by atoms with Gasteiger partial charge in [0.05, 0.1) is 4.90 Å². The van der Waals surface area contributed by atoms with Crippen molar-refractivity contribution < 1.29 is 12.8 Å². The first kappa shape index (κ1) is 15.8. The highest BCUT2D eigenvalue weighted by Gasteiger charge is 2.10. The monoisotopic (exact) mass is 346 g/mol. The van der Waals surface area contributed by atoms with Crippen LogP contribution in [0, 0.1) is 0 Å². The summed E-state index contributed by atoms with van der Waals surface area (Å²) in [7, 11) is -3.16. The second-order valence-corrected chi connectivity index (χ2v) is 7.89. The van der Waals surface area contributed by atoms with E-state index in [4.69, 9.17) is 4.42 Å². The first-order chi connectivity index (χ1) is 11.0. The number of hydrogen-bond acceptors (Lipinski definition) is 6. The van der Waals surface area contributed by atoms with Crippen molar-refractivity contribution in [2.24, 2.45) is 0 Å². The highest BCUT2D eigenvalue weighted by molar-refractivity contribution is 7.98. The summed E-state index contributed by atoms with van der Waals surface area (Å²) in [6, 6.07) is 16.4. The van der Waals surface area contributed by atoms with Crippen molar-refractivity contribution >= 4 is 21.6 Å². The van der Waals surface area contributed by atoms with Crippen LogP contribution in [0.4, 0.5) is 0 Å². The Labute approximate surface area is 138 Å². The van der Waals surface area contributed by atoms with Crippen molar-refractivity contribution in [1.82, 2.24) is 10.2 Å². The summed E-state index contributed by atoms with van der Waals surface area (Å²) >= 11 is 1.41. The SMILES string of the molecule is CS(=O)(=O)c1ccc(CSc2nnc(-c3ccccc3)o2)cc1. The third-order valence-corrected chi connectivity index (χ3v) is 5.16. The minimum atomic E-state index is -3.16. The molecule has 118 valence electrons. The molecule has 2 aromatic carbocycles. The second-order valence-electron chi connectivity index (χ2n) is 4.94. The number of benzene rings is 2. The summed E-state index contributed by atoms with van der Waals surface area (Å²) in [6.07, 6.45) is 1.19. The van der Waals surface area contributed by atoms with Gasteiger partial charge in [-0.3, -0.25) is 0 Å². The quantitative estimate of drug-likeness (QED) is 0.659. The Morgan fingerprint density at radius 1 is 1.00 bits per heavy atom. The molecule has 3 aromatic rings. The summed E-state index contributed by atoms with van der Waals surface area (Å²) < 4.78 is 28.5. The molecule has 0 unspecified atom stereocenters. The van der Waals surface area contributed by atoms with Crippen LogP contribution in [0.25, 0.3) is 11.5 Å². The molecule has 0 aliphatic heterocycles. The van der Waals surface area contributed by atoms with Gasteiger partial charge in [-0.2, -0.15) is 0 Å². The van der Waals surface area contributed by atoms with Gasteiger partial charge >= 0.3 is 0 Å². The smallest absolute Gasteiger partial charge is 0.277 e. The molecule has 23 heavy (non-hydrogen) atoms. The molecule has 0 N–H and O–H groups in total. The Morgan fingerprint density at radius 3 is 2.35 bits per heavy atom. The average molecular weight is 346 g/mol. The molecule has 0 atom stereocenters. The van der Waals surface area contributed by atoms with E-state index in [0.717, 1.165) is 11.1 Å². The standard InChI is InChI=1S/C16H14N2O3S2/c1-23(19,20)14-9-7-12(8-10-14)11-22-16-18-17-15(21-16)13-5-3-2-4-6-13/h2-10H,11H2,1H3. The first-order valence-corrected chi connectivity index (χ1v) is 9.71. The van der Waals surface area contributed by atoms with E-state index in [0.29, 0.717) is 21.8 Å². The molecule has 0 fully saturated rings. The number of sulfone groups is 1. The Bertz CT molecular complexity index is 889. The van der Waals surface area contributed by atoms with Crippen molar-refractivity contribution in [2.75, 3.05) is 6.26 Å². The van der Waals surface area contributed by atoms with Crippen LogP contribution in [0.3, 0.4) is 0 Å². The lowest BCUT2D eigenvalue weighted by molar-refractivity contribution is 0.466. The van der Waals surface area contributed by atoms with Crippen LogP contribution < -0.4 is 0 Å². The van der Waals surface area contributed by atoms with Gasteiger partial charge < -0.3 is 4.42 Å². The predicted octanol–water partition coefficient (Wildman–Crippen LogP) is 3.43. The van der Waals surface area contributed by atoms with Gasteiger partial charge in [-0.15, -0.1) is 10.2 Å². The fourth-order valence-electron chi connectivity index (χ4n) is 1.94. The average Bonchev–Trinajstić information content (AvgIpc) is 3.02. The number of hydrogen-bond donors (Lipinski definition) is 0. The third kappa shape index (κ3) is 4.00. The summed E-state index contributed by atoms with van der Waals surface area (Å²) in [5, 5.41) is 8.53. The molecule has 7 heteroatoms. The van der Waals surface area contributed by atoms with E-state index in [1.54, 1.807) is 24.3 Å². The normalized spacial score (nSPS) is 11.5. The minimum absolute atomic E-state index is 0.315. The molecule has 0 saturated carbocycles. The zero-order valence-electron chi connectivity index (χ0n) is 12.3. The Balaban J connectivity index is 1.66. The Morgan fingerprint density at radius 2 is 1.70 bits per heavy atom. The van der Waals surface area contributed by atoms with E-state index in [-0.39, 0.29) is 0 Å². The van der Waals surface area contributed by atoms with Gasteiger partial charge in [-0.25, -0.2) is 8.42 Å². The lowest BCUT2D eigenvalue weighted by atomic mass is 10.2. The molecule has 0 aliphatic carbocycles. The zero-order chi connectivity index (χ0) is 16.3. The fourth-order valence-corrected chi connectivity index (χ4v) is 3.29. The number of nitrogens with zero attached hydrogens (tertiary/aromatic N) is 2. The fraction of sp³-hybridized carbons (Fsp3) is 0.125. The predicted molar refractivity (Wildman–Crippen MR) is 88.8 cm³/mol. The topological polar surface area (TPSA) is 73.1 Å². The molecule has 0 saturated heterocycles.